The van der Waals surface area contributed by atoms with E-state index < -0.39 is 0 Å². The van der Waals surface area contributed by atoms with Crippen LogP contribution >= 0.6 is 0 Å². The first-order chi connectivity index (χ1) is 4.22. The van der Waals surface area contributed by atoms with E-state index in [4.69, 9.17) is 0 Å². The molecule has 0 aromatic carbocycles. The van der Waals surface area contributed by atoms with Gasteiger partial charge in [0, 0.05) is 12.8 Å². The summed E-state index contributed by atoms with van der Waals surface area (Å²) in [5, 5.41) is 0. The number of hydrogen-bond donors (Lipinski definition) is 0. The van der Waals surface area contributed by atoms with E-state index in [0.29, 0.717) is 11.2 Å². The van der Waals surface area contributed by atoms with Gasteiger partial charge in [-0.05, 0) is 18.3 Å². The molecule has 0 amide bonds. The molecule has 1 rings (SSSR count). The van der Waals surface area contributed by atoms with Crippen LogP contribution in [0.3, 0.4) is 0 Å². The van der Waals surface area contributed by atoms with Crippen molar-refractivity contribution in [1.82, 2.24) is 0 Å². The van der Waals surface area contributed by atoms with Gasteiger partial charge in [0.1, 0.15) is 5.78 Å². The van der Waals surface area contributed by atoms with Crippen molar-refractivity contribution in [2.45, 2.75) is 39.5 Å². The van der Waals surface area contributed by atoms with Gasteiger partial charge in [0.15, 0.2) is 0 Å². The third-order valence-corrected chi connectivity index (χ3v) is 2.64. The van der Waals surface area contributed by atoms with Crippen LogP contribution in [-0.2, 0) is 4.79 Å². The van der Waals surface area contributed by atoms with Gasteiger partial charge < -0.3 is 0 Å². The second-order valence-corrected chi connectivity index (χ2v) is 3.10. The molecule has 0 aromatic heterocycles. The minimum Gasteiger partial charge on any atom is -0.300 e. The summed E-state index contributed by atoms with van der Waals surface area (Å²) < 4.78 is 0. The highest BCUT2D eigenvalue weighted by atomic mass is 16.1. The summed E-state index contributed by atoms with van der Waals surface area (Å²) in [4.78, 5) is 10.6. The Labute approximate surface area is 56.4 Å². The number of carbonyl (C=O) groups is 1. The van der Waals surface area contributed by atoms with Gasteiger partial charge in [-0.1, -0.05) is 13.8 Å². The highest BCUT2D eigenvalue weighted by molar-refractivity contribution is 5.86. The predicted octanol–water partition coefficient (Wildman–Crippen LogP) is 2.16. The topological polar surface area (TPSA) is 17.1 Å². The van der Waals surface area contributed by atoms with E-state index in [-0.39, 0.29) is 0 Å². The molecule has 1 aliphatic rings. The molecule has 1 heteroatoms. The molecular weight excluding hydrogens is 112 g/mol. The Hall–Kier alpha value is -0.330. The van der Waals surface area contributed by atoms with E-state index in [0.717, 1.165) is 12.8 Å². The van der Waals surface area contributed by atoms with E-state index in [2.05, 4.69) is 13.8 Å². The lowest BCUT2D eigenvalue weighted by atomic mass is 9.65. The SMILES string of the molecule is CCC1(CC)CC(=O)C1. The molecule has 0 aromatic rings. The van der Waals surface area contributed by atoms with Crippen molar-refractivity contribution in [3.8, 4) is 0 Å². The fourth-order valence-electron chi connectivity index (χ4n) is 1.53. The molecule has 0 atom stereocenters. The van der Waals surface area contributed by atoms with Crippen LogP contribution in [0.5, 0.6) is 0 Å². The summed E-state index contributed by atoms with van der Waals surface area (Å²) in [5.74, 6) is 0.457. The first-order valence-electron chi connectivity index (χ1n) is 3.74. The van der Waals surface area contributed by atoms with Crippen LogP contribution in [0.1, 0.15) is 39.5 Å². The van der Waals surface area contributed by atoms with Crippen molar-refractivity contribution in [2.24, 2.45) is 5.41 Å². The van der Waals surface area contributed by atoms with E-state index in [9.17, 15) is 4.79 Å². The van der Waals surface area contributed by atoms with Gasteiger partial charge >= 0.3 is 0 Å². The molecule has 0 bridgehead atoms. The molecule has 52 valence electrons. The fraction of sp³-hybridized carbons (Fsp3) is 0.875. The maximum absolute atomic E-state index is 10.6. The number of ketones is 1. The zero-order valence-corrected chi connectivity index (χ0v) is 6.24. The summed E-state index contributed by atoms with van der Waals surface area (Å²) in [6.07, 6.45) is 4.05. The van der Waals surface area contributed by atoms with E-state index >= 15 is 0 Å². The van der Waals surface area contributed by atoms with Gasteiger partial charge in [0.25, 0.3) is 0 Å². The molecule has 0 N–H and O–H groups in total. The van der Waals surface area contributed by atoms with Crippen LogP contribution in [0.2, 0.25) is 0 Å². The average molecular weight is 126 g/mol. The summed E-state index contributed by atoms with van der Waals surface area (Å²) in [5.41, 5.74) is 0.428. The third kappa shape index (κ3) is 1.00. The largest absolute Gasteiger partial charge is 0.300 e. The standard InChI is InChI=1S/C8H14O/c1-3-8(4-2)5-7(9)6-8/h3-6H2,1-2H3. The number of rotatable bonds is 2. The van der Waals surface area contributed by atoms with Gasteiger partial charge in [0.2, 0.25) is 0 Å². The highest BCUT2D eigenvalue weighted by Gasteiger charge is 2.39. The zero-order valence-electron chi connectivity index (χ0n) is 6.24. The van der Waals surface area contributed by atoms with Crippen LogP contribution in [0.25, 0.3) is 0 Å². The van der Waals surface area contributed by atoms with Gasteiger partial charge in [-0.2, -0.15) is 0 Å². The van der Waals surface area contributed by atoms with Crippen LogP contribution in [0.4, 0.5) is 0 Å². The molecule has 1 saturated carbocycles. The minimum atomic E-state index is 0.428. The van der Waals surface area contributed by atoms with Crippen molar-refractivity contribution in [2.75, 3.05) is 0 Å². The maximum Gasteiger partial charge on any atom is 0.134 e. The molecule has 1 nitrogen and oxygen atoms in total. The second-order valence-electron chi connectivity index (χ2n) is 3.10. The lowest BCUT2D eigenvalue weighted by Gasteiger charge is -2.38. The Bertz CT molecular complexity index is 113. The quantitative estimate of drug-likeness (QED) is 0.554. The Kier molecular flexibility index (Phi) is 1.60. The van der Waals surface area contributed by atoms with Crippen LogP contribution in [-0.4, -0.2) is 5.78 Å². The minimum absolute atomic E-state index is 0.428. The van der Waals surface area contributed by atoms with Gasteiger partial charge in [-0.15, -0.1) is 0 Å². The highest BCUT2D eigenvalue weighted by Crippen LogP contribution is 2.43. The smallest absolute Gasteiger partial charge is 0.134 e. The molecule has 1 fully saturated rings. The molecule has 0 unspecified atom stereocenters. The molecule has 0 saturated heterocycles. The van der Waals surface area contributed by atoms with Crippen LogP contribution in [0.15, 0.2) is 0 Å². The van der Waals surface area contributed by atoms with Crippen molar-refractivity contribution < 1.29 is 4.79 Å². The number of hydrogen-bond acceptors (Lipinski definition) is 1. The molecule has 0 radical (unpaired) electrons. The molecular formula is C8H14O. The Morgan fingerprint density at radius 3 is 1.89 bits per heavy atom. The van der Waals surface area contributed by atoms with Crippen LogP contribution < -0.4 is 0 Å². The van der Waals surface area contributed by atoms with Gasteiger partial charge in [0.05, 0.1) is 0 Å². The third-order valence-electron chi connectivity index (χ3n) is 2.64. The summed E-state index contributed by atoms with van der Waals surface area (Å²) in [6.45, 7) is 4.35. The number of carbonyl (C=O) groups excluding carboxylic acids is 1. The molecule has 9 heavy (non-hydrogen) atoms. The van der Waals surface area contributed by atoms with Crippen molar-refractivity contribution in [3.63, 3.8) is 0 Å². The van der Waals surface area contributed by atoms with E-state index in [1.165, 1.54) is 12.8 Å². The lowest BCUT2D eigenvalue weighted by Crippen LogP contribution is -2.36. The number of Topliss-reactive ketones (excluding diaryl/α,β-unsaturated/α-hetero) is 1. The summed E-state index contributed by atoms with van der Waals surface area (Å²) in [6, 6.07) is 0. The first kappa shape index (κ1) is 6.79. The Morgan fingerprint density at radius 2 is 1.78 bits per heavy atom. The zero-order chi connectivity index (χ0) is 6.91. The van der Waals surface area contributed by atoms with Crippen molar-refractivity contribution in [3.05, 3.63) is 0 Å². The average Bonchev–Trinajstić information content (AvgIpc) is 1.81. The monoisotopic (exact) mass is 126 g/mol. The Balaban J connectivity index is 2.44. The molecule has 0 spiro atoms. The normalized spacial score (nSPS) is 23.6. The van der Waals surface area contributed by atoms with Gasteiger partial charge in [-0.25, -0.2) is 0 Å². The molecule has 0 heterocycles. The summed E-state index contributed by atoms with van der Waals surface area (Å²) in [7, 11) is 0. The predicted molar refractivity (Wildman–Crippen MR) is 37.3 cm³/mol. The van der Waals surface area contributed by atoms with Crippen LogP contribution in [0, 0.1) is 5.41 Å². The maximum atomic E-state index is 10.6. The van der Waals surface area contributed by atoms with Crippen molar-refractivity contribution in [1.29, 1.82) is 0 Å². The van der Waals surface area contributed by atoms with E-state index in [1.807, 2.05) is 0 Å². The first-order valence-corrected chi connectivity index (χ1v) is 3.74. The lowest BCUT2D eigenvalue weighted by molar-refractivity contribution is -0.133. The van der Waals surface area contributed by atoms with E-state index in [1.54, 1.807) is 0 Å². The molecule has 1 aliphatic carbocycles. The Morgan fingerprint density at radius 1 is 1.33 bits per heavy atom. The van der Waals surface area contributed by atoms with Gasteiger partial charge in [-0.3, -0.25) is 4.79 Å². The van der Waals surface area contributed by atoms with Crippen molar-refractivity contribution >= 4 is 5.78 Å². The summed E-state index contributed by atoms with van der Waals surface area (Å²) >= 11 is 0. The fourth-order valence-corrected chi connectivity index (χ4v) is 1.53. The second kappa shape index (κ2) is 2.13. The molecule has 0 aliphatic heterocycles.